The van der Waals surface area contributed by atoms with Crippen molar-refractivity contribution < 1.29 is 9.53 Å². The van der Waals surface area contributed by atoms with E-state index in [9.17, 15) is 4.79 Å². The Morgan fingerprint density at radius 3 is 2.88 bits per heavy atom. The average Bonchev–Trinajstić information content (AvgIpc) is 3.04. The molecule has 0 bridgehead atoms. The van der Waals surface area contributed by atoms with Crippen molar-refractivity contribution in [3.8, 4) is 0 Å². The van der Waals surface area contributed by atoms with Gasteiger partial charge < -0.3 is 4.74 Å². The average molecular weight is 378 g/mol. The maximum absolute atomic E-state index is 11.4. The van der Waals surface area contributed by atoms with Crippen LogP contribution in [-0.4, -0.2) is 29.5 Å². The Morgan fingerprint density at radius 1 is 1.36 bits per heavy atom. The van der Waals surface area contributed by atoms with Crippen LogP contribution in [0, 0.1) is 0 Å². The minimum Gasteiger partial charge on any atom is -0.466 e. The second-order valence-corrected chi connectivity index (χ2v) is 7.29. The lowest BCUT2D eigenvalue weighted by Crippen LogP contribution is -2.07. The molecule has 0 atom stereocenters. The van der Waals surface area contributed by atoms with Gasteiger partial charge in [0.1, 0.15) is 0 Å². The molecule has 0 aliphatic rings. The molecule has 0 amide bonds. The summed E-state index contributed by atoms with van der Waals surface area (Å²) in [5.41, 5.74) is 4.61. The van der Waals surface area contributed by atoms with Crippen LogP contribution in [-0.2, 0) is 16.0 Å². The van der Waals surface area contributed by atoms with E-state index >= 15 is 0 Å². The topological polar surface area (TPSA) is 63.6 Å². The van der Waals surface area contributed by atoms with Gasteiger partial charge in [0.15, 0.2) is 0 Å². The highest BCUT2D eigenvalue weighted by molar-refractivity contribution is 7.99. The zero-order valence-electron chi connectivity index (χ0n) is 14.5. The predicted octanol–water partition coefficient (Wildman–Crippen LogP) is 4.59. The lowest BCUT2D eigenvalue weighted by Gasteiger charge is -2.01. The minimum atomic E-state index is -0.264. The van der Waals surface area contributed by atoms with E-state index < -0.39 is 0 Å². The minimum absolute atomic E-state index is 0.187. The number of carbonyl (C=O) groups is 1. The summed E-state index contributed by atoms with van der Waals surface area (Å²) in [6, 6.07) is 8.33. The van der Waals surface area contributed by atoms with Crippen LogP contribution in [0.3, 0.4) is 0 Å². The van der Waals surface area contributed by atoms with Crippen LogP contribution in [0.25, 0.3) is 0 Å². The van der Waals surface area contributed by atoms with Crippen LogP contribution in [0.5, 0.6) is 0 Å². The van der Waals surface area contributed by atoms with Crippen LogP contribution in [0.2, 0.25) is 0 Å². The quantitative estimate of drug-likeness (QED) is 0.216. The molecular weight excluding hydrogens is 354 g/mol. The van der Waals surface area contributed by atoms with Crippen molar-refractivity contribution in [2.75, 3.05) is 17.8 Å². The van der Waals surface area contributed by atoms with Gasteiger partial charge in [0.25, 0.3) is 0 Å². The number of hydrogen-bond acceptors (Lipinski definition) is 7. The first-order chi connectivity index (χ1) is 12.2. The van der Waals surface area contributed by atoms with Crippen molar-refractivity contribution in [3.05, 3.63) is 40.9 Å². The molecule has 0 radical (unpaired) electrons. The highest BCUT2D eigenvalue weighted by atomic mass is 32.2. The molecule has 0 saturated carbocycles. The second-order valence-electron chi connectivity index (χ2n) is 5.27. The fourth-order valence-corrected chi connectivity index (χ4v) is 3.60. The second kappa shape index (κ2) is 10.9. The number of anilines is 1. The number of aromatic nitrogens is 1. The summed E-state index contributed by atoms with van der Waals surface area (Å²) in [6.45, 7) is 4.38. The first-order valence-corrected chi connectivity index (χ1v) is 10.2. The number of thiazole rings is 1. The van der Waals surface area contributed by atoms with Gasteiger partial charge in [-0.3, -0.25) is 10.2 Å². The van der Waals surface area contributed by atoms with Crippen molar-refractivity contribution in [1.29, 1.82) is 0 Å². The van der Waals surface area contributed by atoms with E-state index in [0.717, 1.165) is 11.3 Å². The molecule has 0 aliphatic heterocycles. The molecule has 5 nitrogen and oxygen atoms in total. The van der Waals surface area contributed by atoms with Gasteiger partial charge in [-0.2, -0.15) is 5.10 Å². The maximum atomic E-state index is 11.4. The fraction of sp³-hybridized carbons (Fsp3) is 0.389. The number of esters is 1. The summed E-state index contributed by atoms with van der Waals surface area (Å²) in [6.07, 6.45) is 4.41. The Balaban J connectivity index is 1.80. The Morgan fingerprint density at radius 2 is 2.16 bits per heavy atom. The number of rotatable bonds is 10. The standard InChI is InChI=1S/C18H23N3O2S2/c1-3-5-10-24-16-8-6-14(7-9-16)12-19-21-18-20-15(13-25-18)11-17(22)23-4-2/h6-9,12-13H,3-5,10-11H2,1-2H3,(H,20,21). The van der Waals surface area contributed by atoms with Crippen molar-refractivity contribution in [2.45, 2.75) is 38.0 Å². The monoisotopic (exact) mass is 377 g/mol. The van der Waals surface area contributed by atoms with Gasteiger partial charge in [0.2, 0.25) is 5.13 Å². The normalized spacial score (nSPS) is 11.0. The van der Waals surface area contributed by atoms with Crippen LogP contribution in [0.1, 0.15) is 37.9 Å². The summed E-state index contributed by atoms with van der Waals surface area (Å²) >= 11 is 3.29. The molecule has 1 aromatic carbocycles. The van der Waals surface area contributed by atoms with Gasteiger partial charge in [-0.1, -0.05) is 25.5 Å². The fourth-order valence-electron chi connectivity index (χ4n) is 1.95. The number of hydrogen-bond donors (Lipinski definition) is 1. The number of carbonyl (C=O) groups excluding carboxylic acids is 1. The highest BCUT2D eigenvalue weighted by Crippen LogP contribution is 2.19. The summed E-state index contributed by atoms with van der Waals surface area (Å²) in [5, 5.41) is 6.68. The molecule has 0 aliphatic carbocycles. The van der Waals surface area contributed by atoms with E-state index in [2.05, 4.69) is 34.6 Å². The van der Waals surface area contributed by atoms with Crippen molar-refractivity contribution in [1.82, 2.24) is 4.98 Å². The highest BCUT2D eigenvalue weighted by Gasteiger charge is 2.07. The molecule has 0 unspecified atom stereocenters. The van der Waals surface area contributed by atoms with E-state index in [1.165, 1.54) is 29.1 Å². The molecule has 0 saturated heterocycles. The molecule has 2 aromatic rings. The number of thioether (sulfide) groups is 1. The van der Waals surface area contributed by atoms with Crippen molar-refractivity contribution in [3.63, 3.8) is 0 Å². The Labute approximate surface area is 156 Å². The van der Waals surface area contributed by atoms with Crippen molar-refractivity contribution in [2.24, 2.45) is 5.10 Å². The third-order valence-corrected chi connectivity index (χ3v) is 5.10. The lowest BCUT2D eigenvalue weighted by molar-refractivity contribution is -0.142. The number of unbranched alkanes of at least 4 members (excludes halogenated alkanes) is 1. The summed E-state index contributed by atoms with van der Waals surface area (Å²) in [7, 11) is 0. The van der Waals surface area contributed by atoms with E-state index in [1.54, 1.807) is 13.1 Å². The number of hydrazone groups is 1. The van der Waals surface area contributed by atoms with Crippen LogP contribution >= 0.6 is 23.1 Å². The molecule has 25 heavy (non-hydrogen) atoms. The summed E-state index contributed by atoms with van der Waals surface area (Å²) < 4.78 is 4.91. The molecule has 1 heterocycles. The first kappa shape index (κ1) is 19.5. The molecule has 1 N–H and O–H groups in total. The van der Waals surface area contributed by atoms with E-state index in [-0.39, 0.29) is 12.4 Å². The Hall–Kier alpha value is -1.86. The summed E-state index contributed by atoms with van der Waals surface area (Å²) in [5.74, 6) is 0.892. The number of nitrogens with one attached hydrogen (secondary N) is 1. The van der Waals surface area contributed by atoms with Crippen LogP contribution < -0.4 is 5.43 Å². The van der Waals surface area contributed by atoms with E-state index in [0.29, 0.717) is 17.4 Å². The molecule has 0 spiro atoms. The Kier molecular flexibility index (Phi) is 8.48. The van der Waals surface area contributed by atoms with Gasteiger partial charge in [-0.25, -0.2) is 4.98 Å². The molecule has 2 rings (SSSR count). The van der Waals surface area contributed by atoms with Gasteiger partial charge in [-0.15, -0.1) is 23.1 Å². The van der Waals surface area contributed by atoms with Gasteiger partial charge in [0, 0.05) is 10.3 Å². The third kappa shape index (κ3) is 7.27. The SMILES string of the molecule is CCCCSc1ccc(C=NNc2nc(CC(=O)OCC)cs2)cc1. The van der Waals surface area contributed by atoms with Crippen LogP contribution in [0.15, 0.2) is 39.6 Å². The number of nitrogens with zero attached hydrogens (tertiary/aromatic N) is 2. The van der Waals surface area contributed by atoms with E-state index in [1.807, 2.05) is 29.3 Å². The largest absolute Gasteiger partial charge is 0.466 e. The maximum Gasteiger partial charge on any atom is 0.311 e. The smallest absolute Gasteiger partial charge is 0.311 e. The molecule has 134 valence electrons. The molecule has 7 heteroatoms. The first-order valence-electron chi connectivity index (χ1n) is 8.33. The number of benzene rings is 1. The lowest BCUT2D eigenvalue weighted by atomic mass is 10.2. The molecular formula is C18H23N3O2S2. The number of ether oxygens (including phenoxy) is 1. The summed E-state index contributed by atoms with van der Waals surface area (Å²) in [4.78, 5) is 17.0. The molecule has 0 fully saturated rings. The predicted molar refractivity (Wildman–Crippen MR) is 106 cm³/mol. The van der Waals surface area contributed by atoms with Crippen molar-refractivity contribution >= 4 is 40.4 Å². The van der Waals surface area contributed by atoms with Gasteiger partial charge >= 0.3 is 5.97 Å². The van der Waals surface area contributed by atoms with E-state index in [4.69, 9.17) is 4.74 Å². The Bertz CT molecular complexity index is 684. The third-order valence-electron chi connectivity index (χ3n) is 3.20. The zero-order valence-corrected chi connectivity index (χ0v) is 16.2. The van der Waals surface area contributed by atoms with Gasteiger partial charge in [-0.05, 0) is 36.8 Å². The zero-order chi connectivity index (χ0) is 17.9. The molecule has 1 aromatic heterocycles. The van der Waals surface area contributed by atoms with Gasteiger partial charge in [0.05, 0.1) is 24.9 Å². The van der Waals surface area contributed by atoms with Crippen LogP contribution in [0.4, 0.5) is 5.13 Å².